The van der Waals surface area contributed by atoms with E-state index >= 15 is 0 Å². The number of hydrogen-bond acceptors (Lipinski definition) is 3. The van der Waals surface area contributed by atoms with Crippen molar-refractivity contribution in [2.24, 2.45) is 0 Å². The first-order chi connectivity index (χ1) is 8.66. The topological polar surface area (TPSA) is 42.6 Å². The number of benzene rings is 1. The summed E-state index contributed by atoms with van der Waals surface area (Å²) in [7, 11) is 1.64. The molecule has 0 aliphatic heterocycles. The lowest BCUT2D eigenvalue weighted by atomic mass is 9.89. The van der Waals surface area contributed by atoms with Crippen molar-refractivity contribution in [3.05, 3.63) is 36.1 Å². The Morgan fingerprint density at radius 2 is 1.94 bits per heavy atom. The van der Waals surface area contributed by atoms with Crippen molar-refractivity contribution in [2.75, 3.05) is 7.11 Å². The average molecular weight is 248 g/mol. The minimum absolute atomic E-state index is 0.571. The van der Waals surface area contributed by atoms with Crippen LogP contribution in [0.3, 0.4) is 0 Å². The van der Waals surface area contributed by atoms with E-state index in [9.17, 15) is 5.11 Å². The van der Waals surface area contributed by atoms with Crippen LogP contribution < -0.4 is 0 Å². The monoisotopic (exact) mass is 248 g/mol. The highest BCUT2D eigenvalue weighted by molar-refractivity contribution is 5.77. The summed E-state index contributed by atoms with van der Waals surface area (Å²) in [5.41, 5.74) is 0.220. The van der Waals surface area contributed by atoms with Gasteiger partial charge >= 0.3 is 0 Å². The molecule has 1 atom stereocenters. The highest BCUT2D eigenvalue weighted by atomic mass is 16.5. The van der Waals surface area contributed by atoms with Crippen molar-refractivity contribution in [1.29, 1.82) is 0 Å². The Bertz CT molecular complexity index is 470. The first-order valence-corrected chi connectivity index (χ1v) is 6.38. The zero-order valence-corrected chi connectivity index (χ0v) is 11.1. The van der Waals surface area contributed by atoms with Crippen LogP contribution in [0.2, 0.25) is 0 Å². The number of furan rings is 1. The van der Waals surface area contributed by atoms with Gasteiger partial charge in [0.2, 0.25) is 0 Å². The predicted octanol–water partition coefficient (Wildman–Crippen LogP) is 3.67. The fourth-order valence-corrected chi connectivity index (χ4v) is 2.43. The molecule has 1 aromatic carbocycles. The smallest absolute Gasteiger partial charge is 0.140 e. The van der Waals surface area contributed by atoms with Gasteiger partial charge in [-0.3, -0.25) is 0 Å². The number of aliphatic hydroxyl groups excluding tert-OH is 1. The SMILES string of the molecule is CCC(CC)(OC)C(O)c1cc2ccccc2o1. The fourth-order valence-electron chi connectivity index (χ4n) is 2.43. The number of ether oxygens (including phenoxy) is 1. The summed E-state index contributed by atoms with van der Waals surface area (Å²) in [4.78, 5) is 0. The molecule has 18 heavy (non-hydrogen) atoms. The summed E-state index contributed by atoms with van der Waals surface area (Å²) < 4.78 is 11.2. The molecule has 1 heterocycles. The van der Waals surface area contributed by atoms with Crippen molar-refractivity contribution in [3.63, 3.8) is 0 Å². The molecule has 1 aromatic heterocycles. The van der Waals surface area contributed by atoms with Crippen LogP contribution in [0.1, 0.15) is 38.6 Å². The predicted molar refractivity (Wildman–Crippen MR) is 71.5 cm³/mol. The van der Waals surface area contributed by atoms with Crippen LogP contribution >= 0.6 is 0 Å². The number of hydrogen-bond donors (Lipinski definition) is 1. The Hall–Kier alpha value is -1.32. The van der Waals surface area contributed by atoms with Gasteiger partial charge in [-0.15, -0.1) is 0 Å². The van der Waals surface area contributed by atoms with Crippen LogP contribution in [0.5, 0.6) is 0 Å². The van der Waals surface area contributed by atoms with Crippen molar-refractivity contribution in [1.82, 2.24) is 0 Å². The van der Waals surface area contributed by atoms with E-state index in [4.69, 9.17) is 9.15 Å². The van der Waals surface area contributed by atoms with E-state index in [1.165, 1.54) is 0 Å². The van der Waals surface area contributed by atoms with E-state index < -0.39 is 11.7 Å². The highest BCUT2D eigenvalue weighted by Gasteiger charge is 2.37. The third-order valence-electron chi connectivity index (χ3n) is 3.82. The molecular weight excluding hydrogens is 228 g/mol. The van der Waals surface area contributed by atoms with Gasteiger partial charge in [0.1, 0.15) is 23.0 Å². The summed E-state index contributed by atoms with van der Waals surface area (Å²) in [6.45, 7) is 4.03. The molecule has 0 aliphatic rings. The van der Waals surface area contributed by atoms with Gasteiger partial charge in [0.05, 0.1) is 0 Å². The number of rotatable bonds is 5. The highest BCUT2D eigenvalue weighted by Crippen LogP contribution is 2.36. The number of methoxy groups -OCH3 is 1. The summed E-state index contributed by atoms with van der Waals surface area (Å²) in [5, 5.41) is 11.5. The maximum absolute atomic E-state index is 10.5. The Morgan fingerprint density at radius 3 is 2.50 bits per heavy atom. The Labute approximate surface area is 107 Å². The molecule has 1 N–H and O–H groups in total. The molecule has 3 nitrogen and oxygen atoms in total. The van der Waals surface area contributed by atoms with Gasteiger partial charge in [-0.2, -0.15) is 0 Å². The largest absolute Gasteiger partial charge is 0.458 e. The summed E-state index contributed by atoms with van der Waals surface area (Å²) in [6.07, 6.45) is 0.723. The van der Waals surface area contributed by atoms with Gasteiger partial charge in [-0.05, 0) is 25.0 Å². The lowest BCUT2D eigenvalue weighted by molar-refractivity contribution is -0.116. The van der Waals surface area contributed by atoms with Gasteiger partial charge in [-0.1, -0.05) is 32.0 Å². The number of aliphatic hydroxyl groups is 1. The first kappa shape index (κ1) is 13.1. The van der Waals surface area contributed by atoms with E-state index in [-0.39, 0.29) is 0 Å². The molecule has 0 fully saturated rings. The average Bonchev–Trinajstić information content (AvgIpc) is 2.85. The van der Waals surface area contributed by atoms with Crippen LogP contribution in [0, 0.1) is 0 Å². The third kappa shape index (κ3) is 2.04. The second-order valence-corrected chi connectivity index (χ2v) is 4.57. The second kappa shape index (κ2) is 5.12. The minimum Gasteiger partial charge on any atom is -0.458 e. The van der Waals surface area contributed by atoms with Crippen LogP contribution in [0.4, 0.5) is 0 Å². The summed E-state index contributed by atoms with van der Waals surface area (Å²) >= 11 is 0. The van der Waals surface area contributed by atoms with Gasteiger partial charge in [0, 0.05) is 12.5 Å². The lowest BCUT2D eigenvalue weighted by Crippen LogP contribution is -2.37. The second-order valence-electron chi connectivity index (χ2n) is 4.57. The Morgan fingerprint density at radius 1 is 1.28 bits per heavy atom. The Kier molecular flexibility index (Phi) is 3.73. The molecule has 0 saturated carbocycles. The van der Waals surface area contributed by atoms with E-state index in [0.29, 0.717) is 5.76 Å². The number of fused-ring (bicyclic) bond motifs is 1. The zero-order chi connectivity index (χ0) is 13.2. The molecule has 0 amide bonds. The van der Waals surface area contributed by atoms with Gasteiger partial charge in [0.15, 0.2) is 0 Å². The minimum atomic E-state index is -0.745. The van der Waals surface area contributed by atoms with Crippen molar-refractivity contribution in [2.45, 2.75) is 38.4 Å². The van der Waals surface area contributed by atoms with E-state index in [1.807, 2.05) is 44.2 Å². The maximum atomic E-state index is 10.5. The summed E-state index contributed by atoms with van der Waals surface area (Å²) in [5.74, 6) is 0.571. The molecule has 0 bridgehead atoms. The standard InChI is InChI=1S/C15H20O3/c1-4-15(5-2,17-3)14(16)13-10-11-8-6-7-9-12(11)18-13/h6-10,14,16H,4-5H2,1-3H3. The van der Waals surface area contributed by atoms with Gasteiger partial charge in [-0.25, -0.2) is 0 Å². The van der Waals surface area contributed by atoms with Crippen molar-refractivity contribution >= 4 is 11.0 Å². The first-order valence-electron chi connectivity index (χ1n) is 6.38. The maximum Gasteiger partial charge on any atom is 0.140 e. The lowest BCUT2D eigenvalue weighted by Gasteiger charge is -2.33. The van der Waals surface area contributed by atoms with Crippen molar-refractivity contribution < 1.29 is 14.3 Å². The zero-order valence-electron chi connectivity index (χ0n) is 11.1. The van der Waals surface area contributed by atoms with Crippen LogP contribution in [-0.4, -0.2) is 17.8 Å². The quantitative estimate of drug-likeness (QED) is 0.877. The molecule has 1 unspecified atom stereocenters. The molecule has 0 radical (unpaired) electrons. The van der Waals surface area contributed by atoms with E-state index in [1.54, 1.807) is 7.11 Å². The molecule has 0 saturated heterocycles. The number of para-hydroxylation sites is 1. The van der Waals surface area contributed by atoms with Crippen LogP contribution in [-0.2, 0) is 4.74 Å². The van der Waals surface area contributed by atoms with Crippen LogP contribution in [0.15, 0.2) is 34.7 Å². The molecule has 2 aromatic rings. The molecule has 0 aliphatic carbocycles. The van der Waals surface area contributed by atoms with E-state index in [0.717, 1.165) is 23.8 Å². The van der Waals surface area contributed by atoms with Crippen LogP contribution in [0.25, 0.3) is 11.0 Å². The fraction of sp³-hybridized carbons (Fsp3) is 0.467. The Balaban J connectivity index is 2.40. The molecular formula is C15H20O3. The normalized spacial score (nSPS) is 14.0. The van der Waals surface area contributed by atoms with Gasteiger partial charge in [0.25, 0.3) is 0 Å². The molecule has 2 rings (SSSR count). The molecule has 3 heteroatoms. The summed E-state index contributed by atoms with van der Waals surface area (Å²) in [6, 6.07) is 9.64. The molecule has 98 valence electrons. The molecule has 0 spiro atoms. The van der Waals surface area contributed by atoms with Crippen molar-refractivity contribution in [3.8, 4) is 0 Å². The third-order valence-corrected chi connectivity index (χ3v) is 3.82. The van der Waals surface area contributed by atoms with Gasteiger partial charge < -0.3 is 14.3 Å². The van der Waals surface area contributed by atoms with E-state index in [2.05, 4.69) is 0 Å².